The second-order valence-electron chi connectivity index (χ2n) is 4.04. The van der Waals surface area contributed by atoms with Crippen molar-refractivity contribution in [3.8, 4) is 5.75 Å². The molecule has 1 aromatic heterocycles. The molecule has 0 atom stereocenters. The van der Waals surface area contributed by atoms with Crippen LogP contribution in [0.3, 0.4) is 0 Å². The highest BCUT2D eigenvalue weighted by Gasteiger charge is 2.03. The highest BCUT2D eigenvalue weighted by Crippen LogP contribution is 2.10. The fraction of sp³-hybridized carbons (Fsp3) is 0.143. The van der Waals surface area contributed by atoms with Crippen LogP contribution in [0.5, 0.6) is 5.75 Å². The number of benzene rings is 1. The van der Waals surface area contributed by atoms with Crippen LogP contribution in [-0.2, 0) is 7.05 Å². The number of rotatable bonds is 4. The van der Waals surface area contributed by atoms with E-state index in [1.54, 1.807) is 37.6 Å². The van der Waals surface area contributed by atoms with Crippen molar-refractivity contribution in [2.45, 2.75) is 0 Å². The SMILES string of the molecule is COc1ccc(C(=O)N/N=C\c2ccn(C)c2)cc1. The number of carbonyl (C=O) groups excluding carboxylic acids is 1. The van der Waals surface area contributed by atoms with Crippen LogP contribution in [-0.4, -0.2) is 23.8 Å². The predicted molar refractivity (Wildman–Crippen MR) is 73.5 cm³/mol. The lowest BCUT2D eigenvalue weighted by molar-refractivity contribution is 0.0955. The molecule has 0 bridgehead atoms. The summed E-state index contributed by atoms with van der Waals surface area (Å²) in [6.45, 7) is 0. The molecule has 0 spiro atoms. The molecule has 5 nitrogen and oxygen atoms in total. The average molecular weight is 257 g/mol. The Morgan fingerprint density at radius 1 is 1.32 bits per heavy atom. The second-order valence-corrected chi connectivity index (χ2v) is 4.04. The van der Waals surface area contributed by atoms with Gasteiger partial charge in [0.25, 0.3) is 5.91 Å². The summed E-state index contributed by atoms with van der Waals surface area (Å²) in [5.41, 5.74) is 3.94. The van der Waals surface area contributed by atoms with Crippen molar-refractivity contribution in [3.05, 3.63) is 53.9 Å². The van der Waals surface area contributed by atoms with Gasteiger partial charge in [0.1, 0.15) is 5.75 Å². The van der Waals surface area contributed by atoms with E-state index in [-0.39, 0.29) is 5.91 Å². The molecule has 0 fully saturated rings. The van der Waals surface area contributed by atoms with Gasteiger partial charge in [-0.15, -0.1) is 0 Å². The van der Waals surface area contributed by atoms with E-state index in [2.05, 4.69) is 10.5 Å². The van der Waals surface area contributed by atoms with Crippen molar-refractivity contribution in [2.24, 2.45) is 12.1 Å². The van der Waals surface area contributed by atoms with E-state index < -0.39 is 0 Å². The monoisotopic (exact) mass is 257 g/mol. The summed E-state index contributed by atoms with van der Waals surface area (Å²) in [5, 5.41) is 3.90. The first-order valence-electron chi connectivity index (χ1n) is 5.78. The third kappa shape index (κ3) is 3.45. The van der Waals surface area contributed by atoms with E-state index in [1.807, 2.05) is 30.1 Å². The van der Waals surface area contributed by atoms with Crippen LogP contribution >= 0.6 is 0 Å². The van der Waals surface area contributed by atoms with Gasteiger partial charge in [-0.25, -0.2) is 5.43 Å². The van der Waals surface area contributed by atoms with Gasteiger partial charge in [0.05, 0.1) is 13.3 Å². The second kappa shape index (κ2) is 5.86. The molecule has 0 saturated heterocycles. The molecule has 19 heavy (non-hydrogen) atoms. The van der Waals surface area contributed by atoms with Crippen molar-refractivity contribution in [3.63, 3.8) is 0 Å². The molecular weight excluding hydrogens is 242 g/mol. The maximum absolute atomic E-state index is 11.8. The third-order valence-electron chi connectivity index (χ3n) is 2.59. The van der Waals surface area contributed by atoms with E-state index >= 15 is 0 Å². The summed E-state index contributed by atoms with van der Waals surface area (Å²) in [7, 11) is 3.51. The highest BCUT2D eigenvalue weighted by molar-refractivity contribution is 5.94. The average Bonchev–Trinajstić information content (AvgIpc) is 2.84. The Morgan fingerprint density at radius 3 is 2.63 bits per heavy atom. The van der Waals surface area contributed by atoms with Crippen LogP contribution in [0, 0.1) is 0 Å². The summed E-state index contributed by atoms with van der Waals surface area (Å²) in [6, 6.07) is 8.74. The molecule has 2 aromatic rings. The van der Waals surface area contributed by atoms with Crippen LogP contribution in [0.15, 0.2) is 47.8 Å². The Kier molecular flexibility index (Phi) is 3.97. The standard InChI is InChI=1S/C14H15N3O2/c1-17-8-7-11(10-17)9-15-16-14(18)12-3-5-13(19-2)6-4-12/h3-10H,1-2H3,(H,16,18)/b15-9-. The topological polar surface area (TPSA) is 55.6 Å². The quantitative estimate of drug-likeness (QED) is 0.670. The Balaban J connectivity index is 1.95. The minimum Gasteiger partial charge on any atom is -0.497 e. The first-order valence-corrected chi connectivity index (χ1v) is 5.78. The number of aryl methyl sites for hydroxylation is 1. The molecule has 98 valence electrons. The molecule has 0 radical (unpaired) electrons. The van der Waals surface area contributed by atoms with Crippen molar-refractivity contribution in [2.75, 3.05) is 7.11 Å². The molecule has 0 aliphatic carbocycles. The highest BCUT2D eigenvalue weighted by atomic mass is 16.5. The molecule has 2 rings (SSSR count). The molecule has 1 amide bonds. The number of hydrazone groups is 1. The zero-order chi connectivity index (χ0) is 13.7. The van der Waals surface area contributed by atoms with Crippen LogP contribution < -0.4 is 10.2 Å². The molecule has 1 N–H and O–H groups in total. The summed E-state index contributed by atoms with van der Waals surface area (Å²) in [5.74, 6) is 0.458. The fourth-order valence-electron chi connectivity index (χ4n) is 1.57. The first-order chi connectivity index (χ1) is 9.19. The molecule has 0 saturated carbocycles. The van der Waals surface area contributed by atoms with Gasteiger partial charge in [0, 0.05) is 30.6 Å². The van der Waals surface area contributed by atoms with E-state index in [9.17, 15) is 4.79 Å². The first kappa shape index (κ1) is 12.9. The minimum atomic E-state index is -0.255. The van der Waals surface area contributed by atoms with Gasteiger partial charge < -0.3 is 9.30 Å². The lowest BCUT2D eigenvalue weighted by atomic mass is 10.2. The minimum absolute atomic E-state index is 0.255. The van der Waals surface area contributed by atoms with Gasteiger partial charge in [-0.1, -0.05) is 0 Å². The van der Waals surface area contributed by atoms with Gasteiger partial charge in [-0.2, -0.15) is 5.10 Å². The maximum atomic E-state index is 11.8. The fourth-order valence-corrected chi connectivity index (χ4v) is 1.57. The molecule has 1 aromatic carbocycles. The number of nitrogens with one attached hydrogen (secondary N) is 1. The number of hydrogen-bond acceptors (Lipinski definition) is 3. The van der Waals surface area contributed by atoms with E-state index in [0.29, 0.717) is 11.3 Å². The molecule has 0 aliphatic heterocycles. The van der Waals surface area contributed by atoms with Gasteiger partial charge in [0.2, 0.25) is 0 Å². The maximum Gasteiger partial charge on any atom is 0.271 e. The lowest BCUT2D eigenvalue weighted by Crippen LogP contribution is -2.17. The number of aromatic nitrogens is 1. The van der Waals surface area contributed by atoms with Crippen molar-refractivity contribution in [1.82, 2.24) is 9.99 Å². The zero-order valence-corrected chi connectivity index (χ0v) is 10.8. The predicted octanol–water partition coefficient (Wildman–Crippen LogP) is 1.80. The number of methoxy groups -OCH3 is 1. The van der Waals surface area contributed by atoms with Gasteiger partial charge in [-0.3, -0.25) is 4.79 Å². The smallest absolute Gasteiger partial charge is 0.271 e. The number of hydrogen-bond donors (Lipinski definition) is 1. The largest absolute Gasteiger partial charge is 0.497 e. The van der Waals surface area contributed by atoms with Crippen molar-refractivity contribution >= 4 is 12.1 Å². The molecule has 0 unspecified atom stereocenters. The van der Waals surface area contributed by atoms with Crippen LogP contribution in [0.2, 0.25) is 0 Å². The number of carbonyl (C=O) groups is 1. The molecule has 0 aliphatic rings. The van der Waals surface area contributed by atoms with Gasteiger partial charge in [0.15, 0.2) is 0 Å². The van der Waals surface area contributed by atoms with E-state index in [0.717, 1.165) is 5.56 Å². The van der Waals surface area contributed by atoms with Crippen LogP contribution in [0.25, 0.3) is 0 Å². The molecule has 5 heteroatoms. The summed E-state index contributed by atoms with van der Waals surface area (Å²) >= 11 is 0. The van der Waals surface area contributed by atoms with Crippen molar-refractivity contribution < 1.29 is 9.53 Å². The molecular formula is C14H15N3O2. The number of ether oxygens (including phenoxy) is 1. The Labute approximate surface area is 111 Å². The Bertz CT molecular complexity index is 585. The number of amides is 1. The van der Waals surface area contributed by atoms with Gasteiger partial charge in [-0.05, 0) is 30.3 Å². The van der Waals surface area contributed by atoms with E-state index in [1.165, 1.54) is 0 Å². The summed E-state index contributed by atoms with van der Waals surface area (Å²) < 4.78 is 6.94. The van der Waals surface area contributed by atoms with Crippen molar-refractivity contribution in [1.29, 1.82) is 0 Å². The zero-order valence-electron chi connectivity index (χ0n) is 10.8. The Hall–Kier alpha value is -2.56. The van der Waals surface area contributed by atoms with E-state index in [4.69, 9.17) is 4.74 Å². The lowest BCUT2D eigenvalue weighted by Gasteiger charge is -2.01. The van der Waals surface area contributed by atoms with Crippen LogP contribution in [0.4, 0.5) is 0 Å². The normalized spacial score (nSPS) is 10.6. The Morgan fingerprint density at radius 2 is 2.05 bits per heavy atom. The number of nitrogens with zero attached hydrogens (tertiary/aromatic N) is 2. The third-order valence-corrected chi connectivity index (χ3v) is 2.59. The van der Waals surface area contributed by atoms with Crippen LogP contribution in [0.1, 0.15) is 15.9 Å². The van der Waals surface area contributed by atoms with Gasteiger partial charge >= 0.3 is 0 Å². The summed E-state index contributed by atoms with van der Waals surface area (Å²) in [6.07, 6.45) is 5.41. The molecule has 1 heterocycles. The summed E-state index contributed by atoms with van der Waals surface area (Å²) in [4.78, 5) is 11.8.